The van der Waals surface area contributed by atoms with Crippen LogP contribution < -0.4 is 4.90 Å². The number of ether oxygens (including phenoxy) is 1. The van der Waals surface area contributed by atoms with Crippen LogP contribution in [0.3, 0.4) is 0 Å². The molecule has 148 valence electrons. The Morgan fingerprint density at radius 2 is 1.64 bits per heavy atom. The number of aryl methyl sites for hydroxylation is 1. The van der Waals surface area contributed by atoms with Gasteiger partial charge in [-0.3, -0.25) is 4.79 Å². The van der Waals surface area contributed by atoms with Crippen LogP contribution in [0.2, 0.25) is 0 Å². The van der Waals surface area contributed by atoms with E-state index >= 15 is 0 Å². The maximum Gasteiger partial charge on any atom is 0.410 e. The monoisotopic (exact) mass is 380 g/mol. The Hall–Kier alpha value is -2.82. The lowest BCUT2D eigenvalue weighted by atomic mass is 9.99. The predicted molar refractivity (Wildman–Crippen MR) is 112 cm³/mol. The molecule has 1 aliphatic heterocycles. The molecule has 1 heterocycles. The molecule has 0 spiro atoms. The minimum absolute atomic E-state index is 0.262. The molecule has 1 fully saturated rings. The minimum Gasteiger partial charge on any atom is -0.444 e. The summed E-state index contributed by atoms with van der Waals surface area (Å²) in [5.41, 5.74) is 4.57. The molecular formula is C23H28N2O3. The van der Waals surface area contributed by atoms with Gasteiger partial charge in [0.1, 0.15) is 11.9 Å². The molecule has 0 N–H and O–H groups in total. The zero-order chi connectivity index (χ0) is 20.3. The first-order chi connectivity index (χ1) is 13.3. The molecule has 3 rings (SSSR count). The van der Waals surface area contributed by atoms with Gasteiger partial charge in [0.25, 0.3) is 0 Å². The number of nitrogens with zero attached hydrogens (tertiary/aromatic N) is 2. The van der Waals surface area contributed by atoms with Crippen LogP contribution in [0.25, 0.3) is 11.1 Å². The molecule has 1 saturated heterocycles. The number of rotatable bonds is 3. The van der Waals surface area contributed by atoms with Crippen molar-refractivity contribution in [3.63, 3.8) is 0 Å². The Kier molecular flexibility index (Phi) is 5.73. The van der Waals surface area contributed by atoms with E-state index in [0.29, 0.717) is 18.7 Å². The van der Waals surface area contributed by atoms with Gasteiger partial charge >= 0.3 is 6.09 Å². The van der Waals surface area contributed by atoms with E-state index in [2.05, 4.69) is 36.1 Å². The Labute approximate surface area is 166 Å². The summed E-state index contributed by atoms with van der Waals surface area (Å²) in [5.74, 6) is 0. The van der Waals surface area contributed by atoms with E-state index in [-0.39, 0.29) is 6.09 Å². The Bertz CT molecular complexity index is 845. The molecule has 2 aromatic rings. The molecule has 5 heteroatoms. The molecule has 0 radical (unpaired) electrons. The van der Waals surface area contributed by atoms with Crippen LogP contribution >= 0.6 is 0 Å². The van der Waals surface area contributed by atoms with Gasteiger partial charge in [0.05, 0.1) is 0 Å². The molecule has 0 unspecified atom stereocenters. The summed E-state index contributed by atoms with van der Waals surface area (Å²) in [6, 6.07) is 14.1. The van der Waals surface area contributed by atoms with Crippen LogP contribution in [-0.4, -0.2) is 49.1 Å². The lowest BCUT2D eigenvalue weighted by Gasteiger charge is -2.37. The number of aldehydes is 1. The van der Waals surface area contributed by atoms with Crippen molar-refractivity contribution in [3.8, 4) is 11.1 Å². The zero-order valence-corrected chi connectivity index (χ0v) is 17.1. The number of anilines is 1. The summed E-state index contributed by atoms with van der Waals surface area (Å²) in [4.78, 5) is 27.6. The van der Waals surface area contributed by atoms with Gasteiger partial charge in [0.2, 0.25) is 0 Å². The highest BCUT2D eigenvalue weighted by Crippen LogP contribution is 2.32. The molecule has 5 nitrogen and oxygen atoms in total. The fraction of sp³-hybridized carbons (Fsp3) is 0.391. The van der Waals surface area contributed by atoms with Crippen molar-refractivity contribution in [3.05, 3.63) is 53.6 Å². The van der Waals surface area contributed by atoms with Gasteiger partial charge in [-0.25, -0.2) is 4.79 Å². The van der Waals surface area contributed by atoms with Crippen LogP contribution in [0.5, 0.6) is 0 Å². The quantitative estimate of drug-likeness (QED) is 0.734. The maximum absolute atomic E-state index is 12.3. The van der Waals surface area contributed by atoms with Crippen LogP contribution in [0, 0.1) is 6.92 Å². The molecule has 0 atom stereocenters. The van der Waals surface area contributed by atoms with Gasteiger partial charge in [-0.2, -0.15) is 0 Å². The third-order valence-corrected chi connectivity index (χ3v) is 4.79. The lowest BCUT2D eigenvalue weighted by molar-refractivity contribution is 0.0240. The summed E-state index contributed by atoms with van der Waals surface area (Å²) < 4.78 is 5.48. The first-order valence-electron chi connectivity index (χ1n) is 9.66. The van der Waals surface area contributed by atoms with Crippen molar-refractivity contribution in [2.24, 2.45) is 0 Å². The maximum atomic E-state index is 12.3. The van der Waals surface area contributed by atoms with E-state index in [4.69, 9.17) is 4.74 Å². The van der Waals surface area contributed by atoms with Crippen molar-refractivity contribution >= 4 is 18.1 Å². The van der Waals surface area contributed by atoms with Crippen LogP contribution in [0.15, 0.2) is 42.5 Å². The number of hydrogen-bond acceptors (Lipinski definition) is 4. The molecule has 0 aliphatic carbocycles. The number of piperazine rings is 1. The van der Waals surface area contributed by atoms with Gasteiger partial charge in [-0.15, -0.1) is 0 Å². The van der Waals surface area contributed by atoms with E-state index < -0.39 is 5.60 Å². The standard InChI is InChI=1S/C23H28N2O3/c1-17-5-8-19(9-6-17)20-15-18(16-26)7-10-21(20)24-11-13-25(14-12-24)22(27)28-23(2,3)4/h5-10,15-16H,11-14H2,1-4H3. The van der Waals surface area contributed by atoms with Gasteiger partial charge < -0.3 is 14.5 Å². The highest BCUT2D eigenvalue weighted by Gasteiger charge is 2.26. The molecule has 28 heavy (non-hydrogen) atoms. The van der Waals surface area contributed by atoms with Crippen molar-refractivity contribution in [2.45, 2.75) is 33.3 Å². The summed E-state index contributed by atoms with van der Waals surface area (Å²) in [5, 5.41) is 0. The first kappa shape index (κ1) is 19.9. The van der Waals surface area contributed by atoms with Crippen molar-refractivity contribution < 1.29 is 14.3 Å². The van der Waals surface area contributed by atoms with Crippen molar-refractivity contribution in [1.82, 2.24) is 4.90 Å². The highest BCUT2D eigenvalue weighted by molar-refractivity contribution is 5.86. The summed E-state index contributed by atoms with van der Waals surface area (Å²) in [6.07, 6.45) is 0.615. The topological polar surface area (TPSA) is 49.9 Å². The number of carbonyl (C=O) groups is 2. The fourth-order valence-electron chi connectivity index (χ4n) is 3.32. The van der Waals surface area contributed by atoms with Crippen LogP contribution in [0.4, 0.5) is 10.5 Å². The average Bonchev–Trinajstić information content (AvgIpc) is 2.67. The molecule has 0 bridgehead atoms. The highest BCUT2D eigenvalue weighted by atomic mass is 16.6. The van der Waals surface area contributed by atoms with E-state index in [1.54, 1.807) is 4.90 Å². The van der Waals surface area contributed by atoms with E-state index in [0.717, 1.165) is 36.2 Å². The Morgan fingerprint density at radius 3 is 2.21 bits per heavy atom. The predicted octanol–water partition coefficient (Wildman–Crippen LogP) is 4.53. The molecule has 2 aromatic carbocycles. The summed E-state index contributed by atoms with van der Waals surface area (Å²) in [7, 11) is 0. The fourth-order valence-corrected chi connectivity index (χ4v) is 3.32. The third-order valence-electron chi connectivity index (χ3n) is 4.79. The van der Waals surface area contributed by atoms with Crippen molar-refractivity contribution in [2.75, 3.05) is 31.1 Å². The van der Waals surface area contributed by atoms with Gasteiger partial charge in [-0.1, -0.05) is 29.8 Å². The molecule has 0 aromatic heterocycles. The van der Waals surface area contributed by atoms with Gasteiger partial charge in [0.15, 0.2) is 0 Å². The first-order valence-corrected chi connectivity index (χ1v) is 9.66. The van der Waals surface area contributed by atoms with Crippen molar-refractivity contribution in [1.29, 1.82) is 0 Å². The largest absolute Gasteiger partial charge is 0.444 e. The van der Waals surface area contributed by atoms with Gasteiger partial charge in [-0.05, 0) is 51.5 Å². The molecule has 0 saturated carbocycles. The Morgan fingerprint density at radius 1 is 1.00 bits per heavy atom. The third kappa shape index (κ3) is 4.71. The number of benzene rings is 2. The van der Waals surface area contributed by atoms with Gasteiger partial charge in [0, 0.05) is 43.0 Å². The second-order valence-corrected chi connectivity index (χ2v) is 8.21. The molecule has 1 aliphatic rings. The second kappa shape index (κ2) is 8.05. The number of carbonyl (C=O) groups excluding carboxylic acids is 2. The lowest BCUT2D eigenvalue weighted by Crippen LogP contribution is -2.50. The smallest absolute Gasteiger partial charge is 0.410 e. The molecular weight excluding hydrogens is 352 g/mol. The second-order valence-electron chi connectivity index (χ2n) is 8.21. The Balaban J connectivity index is 1.80. The van der Waals surface area contributed by atoms with E-state index in [1.165, 1.54) is 5.56 Å². The average molecular weight is 380 g/mol. The normalized spacial score (nSPS) is 14.7. The molecule has 1 amide bonds. The van der Waals surface area contributed by atoms with E-state index in [9.17, 15) is 9.59 Å². The van der Waals surface area contributed by atoms with Crippen LogP contribution in [-0.2, 0) is 4.74 Å². The number of hydrogen-bond donors (Lipinski definition) is 0. The number of amides is 1. The SMILES string of the molecule is Cc1ccc(-c2cc(C=O)ccc2N2CCN(C(=O)OC(C)(C)C)CC2)cc1. The van der Waals surface area contributed by atoms with E-state index in [1.807, 2.05) is 39.0 Å². The zero-order valence-electron chi connectivity index (χ0n) is 17.1. The summed E-state index contributed by atoms with van der Waals surface area (Å²) in [6.45, 7) is 10.4. The summed E-state index contributed by atoms with van der Waals surface area (Å²) >= 11 is 0. The minimum atomic E-state index is -0.489. The van der Waals surface area contributed by atoms with Crippen LogP contribution in [0.1, 0.15) is 36.7 Å².